The molecule has 1 N–H and O–H groups in total. The molecule has 4 nitrogen and oxygen atoms in total. The van der Waals surface area contributed by atoms with Crippen molar-refractivity contribution in [2.75, 3.05) is 20.6 Å². The molecule has 0 saturated heterocycles. The Balaban J connectivity index is 0.00000304. The first-order chi connectivity index (χ1) is 16.9. The lowest BCUT2D eigenvalue weighted by Crippen LogP contribution is -3.00. The summed E-state index contributed by atoms with van der Waals surface area (Å²) in [5.41, 5.74) is -0.309. The molecule has 2 bridgehead atoms. The van der Waals surface area contributed by atoms with Crippen LogP contribution < -0.4 is 17.0 Å². The fourth-order valence-corrected chi connectivity index (χ4v) is 8.33. The first-order valence-corrected chi connectivity index (χ1v) is 14.5. The minimum atomic E-state index is -1.72. The zero-order chi connectivity index (χ0) is 24.5. The number of unbranched alkanes of at least 4 members (excludes halogenated alkanes) is 1. The van der Waals surface area contributed by atoms with Gasteiger partial charge in [-0.05, 0) is 67.0 Å². The standard InChI is InChI=1S/C29H36NO3S2.BrH/c1-30(2,17-7-6-12-21-10-4-3-5-11-21)27-22-15-16-23(27)24(20-22)33-28(31)29(32,25-13-8-18-34-25)26-14-9-19-35-26;/h3-5,8-11,13-14,18-19,22-24,27,32H,6-7,12,15-17,20H2,1-2H3;1H/q+1;/p-1/t22?,23-,24-,27?;/m1./s1. The normalized spacial score (nSPS) is 23.4. The second-order valence-corrected chi connectivity index (χ2v) is 12.7. The van der Waals surface area contributed by atoms with Gasteiger partial charge in [-0.15, -0.1) is 22.7 Å². The van der Waals surface area contributed by atoms with Gasteiger partial charge in [-0.25, -0.2) is 4.79 Å². The van der Waals surface area contributed by atoms with Crippen molar-refractivity contribution in [3.8, 4) is 0 Å². The molecule has 2 fully saturated rings. The number of aliphatic hydroxyl groups is 1. The Morgan fingerprint density at radius 2 is 1.67 bits per heavy atom. The average molecular weight is 591 g/mol. The van der Waals surface area contributed by atoms with Crippen molar-refractivity contribution in [2.45, 2.75) is 56.3 Å². The highest BCUT2D eigenvalue weighted by Gasteiger charge is 2.58. The van der Waals surface area contributed by atoms with Gasteiger partial charge in [0, 0.05) is 11.8 Å². The highest BCUT2D eigenvalue weighted by Crippen LogP contribution is 2.51. The predicted octanol–water partition coefficient (Wildman–Crippen LogP) is 2.86. The van der Waals surface area contributed by atoms with E-state index in [0.29, 0.717) is 27.6 Å². The van der Waals surface area contributed by atoms with Crippen molar-refractivity contribution >= 4 is 28.6 Å². The Kier molecular flexibility index (Phi) is 8.78. The van der Waals surface area contributed by atoms with E-state index in [2.05, 4.69) is 44.4 Å². The Morgan fingerprint density at radius 3 is 2.28 bits per heavy atom. The van der Waals surface area contributed by atoms with Gasteiger partial charge in [-0.3, -0.25) is 0 Å². The Morgan fingerprint density at radius 1 is 1.00 bits per heavy atom. The van der Waals surface area contributed by atoms with Crippen LogP contribution in [0.15, 0.2) is 65.4 Å². The molecule has 7 heteroatoms. The number of nitrogens with zero attached hydrogens (tertiary/aromatic N) is 1. The number of carbonyl (C=O) groups excluding carboxylic acids is 1. The van der Waals surface area contributed by atoms with Crippen molar-refractivity contribution in [3.05, 3.63) is 80.7 Å². The monoisotopic (exact) mass is 589 g/mol. The average Bonchev–Trinajstić information content (AvgIpc) is 3.66. The maximum atomic E-state index is 13.5. The fourth-order valence-electron chi connectivity index (χ4n) is 6.61. The molecule has 0 aliphatic heterocycles. The molecule has 1 aromatic carbocycles. The molecular weight excluding hydrogens is 554 g/mol. The number of quaternary nitrogens is 1. The van der Waals surface area contributed by atoms with Gasteiger partial charge in [-0.1, -0.05) is 42.5 Å². The number of fused-ring (bicyclic) bond motifs is 2. The van der Waals surface area contributed by atoms with E-state index in [4.69, 9.17) is 4.74 Å². The smallest absolute Gasteiger partial charge is 0.349 e. The van der Waals surface area contributed by atoms with Crippen molar-refractivity contribution in [3.63, 3.8) is 0 Å². The molecule has 36 heavy (non-hydrogen) atoms. The van der Waals surface area contributed by atoms with E-state index in [1.54, 1.807) is 0 Å². The molecule has 5 rings (SSSR count). The molecule has 2 saturated carbocycles. The molecule has 2 heterocycles. The van der Waals surface area contributed by atoms with E-state index >= 15 is 0 Å². The number of halogens is 1. The van der Waals surface area contributed by atoms with Crippen molar-refractivity contribution in [1.82, 2.24) is 0 Å². The second kappa shape index (κ2) is 11.5. The highest BCUT2D eigenvalue weighted by atomic mass is 79.9. The van der Waals surface area contributed by atoms with E-state index in [0.717, 1.165) is 30.3 Å². The minimum absolute atomic E-state index is 0. The van der Waals surface area contributed by atoms with E-state index in [-0.39, 0.29) is 23.1 Å². The third-order valence-corrected chi connectivity index (χ3v) is 10.2. The summed E-state index contributed by atoms with van der Waals surface area (Å²) >= 11 is 2.79. The molecule has 3 aromatic rings. The van der Waals surface area contributed by atoms with Crippen LogP contribution in [0.4, 0.5) is 0 Å². The van der Waals surface area contributed by atoms with Crippen LogP contribution in [-0.4, -0.2) is 48.3 Å². The number of hydrogen-bond donors (Lipinski definition) is 1. The zero-order valence-electron chi connectivity index (χ0n) is 21.0. The van der Waals surface area contributed by atoms with Gasteiger partial charge in [0.2, 0.25) is 5.60 Å². The molecule has 0 amide bonds. The predicted molar refractivity (Wildman–Crippen MR) is 142 cm³/mol. The number of ether oxygens (including phenoxy) is 1. The number of aryl methyl sites for hydroxylation is 1. The number of carbonyl (C=O) groups is 1. The Bertz CT molecular complexity index is 1070. The molecule has 2 aromatic heterocycles. The van der Waals surface area contributed by atoms with Crippen LogP contribution in [0.3, 0.4) is 0 Å². The van der Waals surface area contributed by atoms with E-state index < -0.39 is 11.6 Å². The fraction of sp³-hybridized carbons (Fsp3) is 0.483. The van der Waals surface area contributed by atoms with Crippen LogP contribution in [0.25, 0.3) is 0 Å². The largest absolute Gasteiger partial charge is 1.00 e. The summed E-state index contributed by atoms with van der Waals surface area (Å²) in [5.74, 6) is 0.425. The number of benzene rings is 1. The van der Waals surface area contributed by atoms with Crippen LogP contribution in [0.1, 0.15) is 47.4 Å². The Hall–Kier alpha value is -1.51. The molecule has 2 aliphatic carbocycles. The lowest BCUT2D eigenvalue weighted by molar-refractivity contribution is -0.919. The van der Waals surface area contributed by atoms with E-state index in [9.17, 15) is 9.90 Å². The minimum Gasteiger partial charge on any atom is -1.00 e. The van der Waals surface area contributed by atoms with Gasteiger partial charge in [0.1, 0.15) is 6.10 Å². The van der Waals surface area contributed by atoms with Crippen LogP contribution >= 0.6 is 22.7 Å². The van der Waals surface area contributed by atoms with Gasteiger partial charge >= 0.3 is 5.97 Å². The van der Waals surface area contributed by atoms with Gasteiger partial charge in [0.15, 0.2) is 0 Å². The highest BCUT2D eigenvalue weighted by molar-refractivity contribution is 7.12. The summed E-state index contributed by atoms with van der Waals surface area (Å²) in [5, 5.41) is 15.4. The molecule has 194 valence electrons. The van der Waals surface area contributed by atoms with E-state index in [1.807, 2.05) is 35.0 Å². The van der Waals surface area contributed by atoms with Crippen molar-refractivity contribution < 1.29 is 36.1 Å². The SMILES string of the molecule is C[N+](C)(CCCCc1ccccc1)C1C2CC[C@@H]1[C@H](OC(=O)C(O)(c1cccs1)c1cccs1)C2.[Br-]. The lowest BCUT2D eigenvalue weighted by atomic mass is 9.96. The maximum Gasteiger partial charge on any atom is 0.349 e. The zero-order valence-corrected chi connectivity index (χ0v) is 24.2. The lowest BCUT2D eigenvalue weighted by Gasteiger charge is -2.39. The summed E-state index contributed by atoms with van der Waals surface area (Å²) in [4.78, 5) is 14.8. The van der Waals surface area contributed by atoms with Gasteiger partial charge < -0.3 is 31.3 Å². The molecule has 2 unspecified atom stereocenters. The maximum absolute atomic E-state index is 13.5. The molecule has 0 radical (unpaired) electrons. The topological polar surface area (TPSA) is 46.5 Å². The van der Waals surface area contributed by atoms with Gasteiger partial charge in [-0.2, -0.15) is 0 Å². The summed E-state index contributed by atoms with van der Waals surface area (Å²) in [6, 6.07) is 18.6. The van der Waals surface area contributed by atoms with Crippen LogP contribution in [0.2, 0.25) is 0 Å². The van der Waals surface area contributed by atoms with Crippen LogP contribution in [0.5, 0.6) is 0 Å². The molecule has 0 spiro atoms. The van der Waals surface area contributed by atoms with Crippen LogP contribution in [-0.2, 0) is 21.6 Å². The Labute approximate surface area is 233 Å². The number of esters is 1. The summed E-state index contributed by atoms with van der Waals surface area (Å²) in [6.45, 7) is 1.14. The van der Waals surface area contributed by atoms with Crippen molar-refractivity contribution in [2.24, 2.45) is 11.8 Å². The van der Waals surface area contributed by atoms with Gasteiger partial charge in [0.25, 0.3) is 0 Å². The van der Waals surface area contributed by atoms with Crippen molar-refractivity contribution in [1.29, 1.82) is 0 Å². The third-order valence-electron chi connectivity index (χ3n) is 8.21. The van der Waals surface area contributed by atoms with Gasteiger partial charge in [0.05, 0.1) is 36.4 Å². The number of rotatable bonds is 10. The quantitative estimate of drug-likeness (QED) is 0.225. The summed E-state index contributed by atoms with van der Waals surface area (Å²) < 4.78 is 7.17. The molecule has 2 aliphatic rings. The first-order valence-electron chi connectivity index (χ1n) is 12.8. The van der Waals surface area contributed by atoms with Crippen LogP contribution in [0, 0.1) is 11.8 Å². The summed E-state index contributed by atoms with van der Waals surface area (Å²) in [7, 11) is 4.71. The summed E-state index contributed by atoms with van der Waals surface area (Å²) in [6.07, 6.45) is 6.64. The number of hydrogen-bond acceptors (Lipinski definition) is 5. The first kappa shape index (κ1) is 27.5. The van der Waals surface area contributed by atoms with E-state index in [1.165, 1.54) is 47.5 Å². The second-order valence-electron chi connectivity index (χ2n) is 10.8. The third kappa shape index (κ3) is 5.37. The molecular formula is C29H36BrNO3S2. The molecule has 4 atom stereocenters. The number of thiophene rings is 2.